The number of aliphatic hydroxyl groups excluding tert-OH is 1. The van der Waals surface area contributed by atoms with Crippen molar-refractivity contribution in [3.05, 3.63) is 23.1 Å². The highest BCUT2D eigenvalue weighted by Gasteiger charge is 2.26. The van der Waals surface area contributed by atoms with E-state index in [0.29, 0.717) is 11.1 Å². The second-order valence-electron chi connectivity index (χ2n) is 3.64. The molecule has 0 saturated heterocycles. The van der Waals surface area contributed by atoms with E-state index in [-0.39, 0.29) is 0 Å². The van der Waals surface area contributed by atoms with Crippen LogP contribution in [0.15, 0.2) is 16.7 Å². The van der Waals surface area contributed by atoms with Gasteiger partial charge in [-0.3, -0.25) is 0 Å². The first kappa shape index (κ1) is 9.10. The summed E-state index contributed by atoms with van der Waals surface area (Å²) in [5, 5.41) is 10.3. The SMILES string of the molecule is OC(c1ccoc1Cl)C1CCCC1. The van der Waals surface area contributed by atoms with Gasteiger partial charge in [0.15, 0.2) is 5.22 Å². The molecule has 2 nitrogen and oxygen atoms in total. The Morgan fingerprint density at radius 1 is 1.46 bits per heavy atom. The quantitative estimate of drug-likeness (QED) is 0.796. The van der Waals surface area contributed by atoms with E-state index in [1.165, 1.54) is 19.1 Å². The summed E-state index contributed by atoms with van der Waals surface area (Å²) in [6.45, 7) is 0. The highest BCUT2D eigenvalue weighted by Crippen LogP contribution is 2.38. The van der Waals surface area contributed by atoms with E-state index in [9.17, 15) is 5.11 Å². The van der Waals surface area contributed by atoms with Gasteiger partial charge in [0, 0.05) is 5.56 Å². The van der Waals surface area contributed by atoms with Gasteiger partial charge >= 0.3 is 0 Å². The van der Waals surface area contributed by atoms with Gasteiger partial charge in [-0.25, -0.2) is 0 Å². The molecule has 1 aliphatic carbocycles. The zero-order valence-electron chi connectivity index (χ0n) is 7.37. The largest absolute Gasteiger partial charge is 0.453 e. The first-order valence-corrected chi connectivity index (χ1v) is 5.08. The average Bonchev–Trinajstić information content (AvgIpc) is 2.72. The molecular formula is C10H13ClO2. The lowest BCUT2D eigenvalue weighted by atomic mass is 9.96. The summed E-state index contributed by atoms with van der Waals surface area (Å²) in [5.74, 6) is 0.370. The molecule has 0 radical (unpaired) electrons. The fraction of sp³-hybridized carbons (Fsp3) is 0.600. The molecule has 0 aliphatic heterocycles. The van der Waals surface area contributed by atoms with Crippen LogP contribution in [0.3, 0.4) is 0 Å². The summed E-state index contributed by atoms with van der Waals surface area (Å²) in [6, 6.07) is 1.76. The molecule has 1 N–H and O–H groups in total. The van der Waals surface area contributed by atoms with E-state index in [0.717, 1.165) is 18.4 Å². The lowest BCUT2D eigenvalue weighted by Crippen LogP contribution is -2.08. The second kappa shape index (κ2) is 3.72. The number of halogens is 1. The van der Waals surface area contributed by atoms with Crippen LogP contribution in [0, 0.1) is 5.92 Å². The van der Waals surface area contributed by atoms with Gasteiger partial charge in [-0.1, -0.05) is 12.8 Å². The average molecular weight is 201 g/mol. The van der Waals surface area contributed by atoms with Gasteiger partial charge in [0.2, 0.25) is 0 Å². The minimum Gasteiger partial charge on any atom is -0.453 e. The topological polar surface area (TPSA) is 33.4 Å². The molecule has 1 saturated carbocycles. The molecule has 72 valence electrons. The molecule has 1 aliphatic rings. The molecule has 1 fully saturated rings. The van der Waals surface area contributed by atoms with E-state index >= 15 is 0 Å². The maximum Gasteiger partial charge on any atom is 0.198 e. The third kappa shape index (κ3) is 1.74. The van der Waals surface area contributed by atoms with Gasteiger partial charge in [0.25, 0.3) is 0 Å². The number of furan rings is 1. The normalized spacial score (nSPS) is 20.8. The molecule has 1 atom stereocenters. The predicted molar refractivity (Wildman–Crippen MR) is 50.6 cm³/mol. The van der Waals surface area contributed by atoms with Crippen LogP contribution in [0.1, 0.15) is 37.4 Å². The van der Waals surface area contributed by atoms with Gasteiger partial charge in [-0.15, -0.1) is 0 Å². The fourth-order valence-corrected chi connectivity index (χ4v) is 2.27. The molecule has 1 unspecified atom stereocenters. The monoisotopic (exact) mass is 200 g/mol. The van der Waals surface area contributed by atoms with Crippen molar-refractivity contribution in [1.29, 1.82) is 0 Å². The standard InChI is InChI=1S/C10H13ClO2/c11-10-8(5-6-13-10)9(12)7-3-1-2-4-7/h5-7,9,12H,1-4H2. The van der Waals surface area contributed by atoms with Crippen molar-refractivity contribution in [3.8, 4) is 0 Å². The number of rotatable bonds is 2. The van der Waals surface area contributed by atoms with Crippen LogP contribution in [-0.2, 0) is 0 Å². The first-order chi connectivity index (χ1) is 6.29. The van der Waals surface area contributed by atoms with Crippen LogP contribution in [0.2, 0.25) is 5.22 Å². The van der Waals surface area contributed by atoms with Crippen LogP contribution in [0.25, 0.3) is 0 Å². The van der Waals surface area contributed by atoms with Crippen LogP contribution in [0.5, 0.6) is 0 Å². The van der Waals surface area contributed by atoms with Gasteiger partial charge in [-0.2, -0.15) is 0 Å². The number of aliphatic hydroxyl groups is 1. The third-order valence-corrected chi connectivity index (χ3v) is 3.12. The summed E-state index contributed by atoms with van der Waals surface area (Å²) >= 11 is 5.79. The minimum atomic E-state index is -0.436. The Morgan fingerprint density at radius 3 is 2.69 bits per heavy atom. The summed E-state index contributed by atoms with van der Waals surface area (Å²) in [7, 11) is 0. The van der Waals surface area contributed by atoms with E-state index in [4.69, 9.17) is 16.0 Å². The molecule has 1 heterocycles. The minimum absolute atomic E-state index is 0.333. The molecular weight excluding hydrogens is 188 g/mol. The molecule has 1 aromatic rings. The number of hydrogen-bond donors (Lipinski definition) is 1. The van der Waals surface area contributed by atoms with Crippen LogP contribution < -0.4 is 0 Å². The van der Waals surface area contributed by atoms with E-state index < -0.39 is 6.10 Å². The molecule has 0 bridgehead atoms. The smallest absolute Gasteiger partial charge is 0.198 e. The van der Waals surface area contributed by atoms with Crippen molar-refractivity contribution in [3.63, 3.8) is 0 Å². The fourth-order valence-electron chi connectivity index (χ4n) is 2.04. The van der Waals surface area contributed by atoms with Gasteiger partial charge < -0.3 is 9.52 Å². The van der Waals surface area contributed by atoms with Crippen molar-refractivity contribution >= 4 is 11.6 Å². The summed E-state index contributed by atoms with van der Waals surface area (Å²) in [5.41, 5.74) is 0.744. The Bertz CT molecular complexity index is 276. The third-order valence-electron chi connectivity index (χ3n) is 2.81. The maximum absolute atomic E-state index is 9.95. The lowest BCUT2D eigenvalue weighted by molar-refractivity contribution is 0.111. The number of hydrogen-bond acceptors (Lipinski definition) is 2. The molecule has 0 aromatic carbocycles. The van der Waals surface area contributed by atoms with Crippen LogP contribution in [-0.4, -0.2) is 5.11 Å². The molecule has 13 heavy (non-hydrogen) atoms. The van der Waals surface area contributed by atoms with Crippen molar-refractivity contribution in [2.75, 3.05) is 0 Å². The highest BCUT2D eigenvalue weighted by atomic mass is 35.5. The Hall–Kier alpha value is -0.470. The second-order valence-corrected chi connectivity index (χ2v) is 3.98. The van der Waals surface area contributed by atoms with E-state index in [2.05, 4.69) is 0 Å². The molecule has 1 aromatic heterocycles. The van der Waals surface area contributed by atoms with E-state index in [1.807, 2.05) is 0 Å². The van der Waals surface area contributed by atoms with Crippen molar-refractivity contribution in [1.82, 2.24) is 0 Å². The van der Waals surface area contributed by atoms with Gasteiger partial charge in [-0.05, 0) is 36.4 Å². The Kier molecular flexibility index (Phi) is 2.61. The van der Waals surface area contributed by atoms with Gasteiger partial charge in [0.05, 0.1) is 12.4 Å². The molecule has 0 spiro atoms. The van der Waals surface area contributed by atoms with Crippen molar-refractivity contribution in [2.45, 2.75) is 31.8 Å². The van der Waals surface area contributed by atoms with E-state index in [1.54, 1.807) is 6.07 Å². The molecule has 2 rings (SSSR count). The lowest BCUT2D eigenvalue weighted by Gasteiger charge is -2.15. The van der Waals surface area contributed by atoms with Crippen LogP contribution >= 0.6 is 11.6 Å². The summed E-state index contributed by atoms with van der Waals surface area (Å²) < 4.78 is 4.95. The van der Waals surface area contributed by atoms with Gasteiger partial charge in [0.1, 0.15) is 0 Å². The summed E-state index contributed by atoms with van der Waals surface area (Å²) in [4.78, 5) is 0. The van der Waals surface area contributed by atoms with Crippen molar-refractivity contribution in [2.24, 2.45) is 5.92 Å². The predicted octanol–water partition coefficient (Wildman–Crippen LogP) is 3.16. The maximum atomic E-state index is 9.95. The molecule has 3 heteroatoms. The Labute approximate surface area is 82.5 Å². The zero-order valence-corrected chi connectivity index (χ0v) is 8.13. The molecule has 0 amide bonds. The van der Waals surface area contributed by atoms with Crippen LogP contribution in [0.4, 0.5) is 0 Å². The Balaban J connectivity index is 2.12. The highest BCUT2D eigenvalue weighted by molar-refractivity contribution is 6.29. The zero-order chi connectivity index (χ0) is 9.26. The Morgan fingerprint density at radius 2 is 2.15 bits per heavy atom. The first-order valence-electron chi connectivity index (χ1n) is 4.70. The van der Waals surface area contributed by atoms with Crippen molar-refractivity contribution < 1.29 is 9.52 Å². The summed E-state index contributed by atoms with van der Waals surface area (Å²) in [6.07, 6.45) is 5.73.